The number of hydrogen-bond acceptors (Lipinski definition) is 2. The van der Waals surface area contributed by atoms with Crippen LogP contribution in [0.4, 0.5) is 10.2 Å². The molecule has 3 nitrogen and oxygen atoms in total. The zero-order valence-corrected chi connectivity index (χ0v) is 7.12. The Morgan fingerprint density at radius 3 is 2.38 bits per heavy atom. The molecule has 0 aliphatic carbocycles. The second-order valence-corrected chi connectivity index (χ2v) is 2.78. The Labute approximate surface area is 75.1 Å². The predicted octanol–water partition coefficient (Wildman–Crippen LogP) is 2.17. The van der Waals surface area contributed by atoms with E-state index >= 15 is 0 Å². The third kappa shape index (κ3) is 2.18. The van der Waals surface area contributed by atoms with E-state index in [0.29, 0.717) is 11.3 Å². The van der Waals surface area contributed by atoms with Gasteiger partial charge in [0.1, 0.15) is 0 Å². The largest absolute Gasteiger partial charge is 0.481 e. The number of nitrogens with one attached hydrogen (secondary N) is 1. The normalized spacial score (nSPS) is 12.2. The maximum Gasteiger partial charge on any atom is 0.310 e. The zero-order valence-electron chi connectivity index (χ0n) is 7.12. The summed E-state index contributed by atoms with van der Waals surface area (Å²) in [5.41, 5.74) is 2.45. The fraction of sp³-hybridized carbons (Fsp3) is 0.222. The van der Waals surface area contributed by atoms with Crippen LogP contribution in [0.15, 0.2) is 24.3 Å². The van der Waals surface area contributed by atoms with Gasteiger partial charge < -0.3 is 5.11 Å². The van der Waals surface area contributed by atoms with Crippen molar-refractivity contribution >= 4 is 11.7 Å². The van der Waals surface area contributed by atoms with Crippen LogP contribution in [0.5, 0.6) is 0 Å². The van der Waals surface area contributed by atoms with Gasteiger partial charge in [-0.3, -0.25) is 4.79 Å². The van der Waals surface area contributed by atoms with Gasteiger partial charge in [0.2, 0.25) is 0 Å². The third-order valence-corrected chi connectivity index (χ3v) is 1.89. The predicted molar refractivity (Wildman–Crippen MR) is 47.2 cm³/mol. The molecule has 0 saturated heterocycles. The number of anilines is 1. The molecule has 0 saturated carbocycles. The van der Waals surface area contributed by atoms with Gasteiger partial charge >= 0.3 is 5.97 Å². The summed E-state index contributed by atoms with van der Waals surface area (Å²) in [6.45, 7) is 1.58. The van der Waals surface area contributed by atoms with Crippen molar-refractivity contribution in [1.82, 2.24) is 0 Å². The first kappa shape index (κ1) is 9.51. The molecule has 0 spiro atoms. The lowest BCUT2D eigenvalue weighted by Crippen LogP contribution is -2.06. The number of aliphatic carboxylic acids is 1. The van der Waals surface area contributed by atoms with E-state index in [4.69, 9.17) is 5.11 Å². The molecule has 0 aromatic heterocycles. The number of benzene rings is 1. The van der Waals surface area contributed by atoms with Crippen LogP contribution >= 0.6 is 0 Å². The van der Waals surface area contributed by atoms with E-state index in [2.05, 4.69) is 0 Å². The van der Waals surface area contributed by atoms with Gasteiger partial charge in [0.05, 0.1) is 11.6 Å². The van der Waals surface area contributed by atoms with Crippen LogP contribution in [0, 0.1) is 0 Å². The van der Waals surface area contributed by atoms with Gasteiger partial charge in [-0.05, 0) is 24.6 Å². The summed E-state index contributed by atoms with van der Waals surface area (Å²) in [6, 6.07) is 6.16. The summed E-state index contributed by atoms with van der Waals surface area (Å²) in [5, 5.41) is 8.67. The molecule has 13 heavy (non-hydrogen) atoms. The minimum atomic E-state index is -0.888. The molecule has 0 aliphatic rings. The fourth-order valence-corrected chi connectivity index (χ4v) is 0.977. The molecular weight excluding hydrogens is 173 g/mol. The molecule has 0 heterocycles. The second-order valence-electron chi connectivity index (χ2n) is 2.78. The molecule has 0 radical (unpaired) electrons. The second kappa shape index (κ2) is 3.89. The summed E-state index contributed by atoms with van der Waals surface area (Å²) in [7, 11) is 0. The quantitative estimate of drug-likeness (QED) is 0.706. The highest BCUT2D eigenvalue weighted by Crippen LogP contribution is 2.17. The maximum absolute atomic E-state index is 11.9. The number of carboxylic acids is 1. The van der Waals surface area contributed by atoms with Gasteiger partial charge in [-0.2, -0.15) is 0 Å². The molecule has 1 unspecified atom stereocenters. The highest BCUT2D eigenvalue weighted by atomic mass is 19.2. The summed E-state index contributed by atoms with van der Waals surface area (Å²) >= 11 is 0. The van der Waals surface area contributed by atoms with Gasteiger partial charge in [-0.25, -0.2) is 5.54 Å². The van der Waals surface area contributed by atoms with E-state index in [0.717, 1.165) is 0 Å². The van der Waals surface area contributed by atoms with Crippen LogP contribution in [0.2, 0.25) is 0 Å². The van der Waals surface area contributed by atoms with Gasteiger partial charge in [-0.1, -0.05) is 12.1 Å². The summed E-state index contributed by atoms with van der Waals surface area (Å²) in [5.74, 6) is -1.45. The SMILES string of the molecule is CC(C(=O)O)c1ccc(NF)cc1. The number of hydrogen-bond donors (Lipinski definition) is 2. The number of halogens is 1. The monoisotopic (exact) mass is 183 g/mol. The van der Waals surface area contributed by atoms with Crippen LogP contribution in [0.3, 0.4) is 0 Å². The first-order valence-corrected chi connectivity index (χ1v) is 3.84. The van der Waals surface area contributed by atoms with Crippen LogP contribution in [-0.2, 0) is 4.79 Å². The van der Waals surface area contributed by atoms with Crippen molar-refractivity contribution in [3.05, 3.63) is 29.8 Å². The van der Waals surface area contributed by atoms with Gasteiger partial charge in [0.15, 0.2) is 0 Å². The van der Waals surface area contributed by atoms with Crippen molar-refractivity contribution in [2.75, 3.05) is 5.54 Å². The van der Waals surface area contributed by atoms with Crippen molar-refractivity contribution in [3.8, 4) is 0 Å². The number of carbonyl (C=O) groups is 1. The van der Waals surface area contributed by atoms with Crippen molar-refractivity contribution in [3.63, 3.8) is 0 Å². The van der Waals surface area contributed by atoms with Crippen molar-refractivity contribution in [2.45, 2.75) is 12.8 Å². The first-order valence-electron chi connectivity index (χ1n) is 3.84. The van der Waals surface area contributed by atoms with Gasteiger partial charge in [0, 0.05) is 0 Å². The van der Waals surface area contributed by atoms with Crippen LogP contribution < -0.4 is 5.54 Å². The van der Waals surface area contributed by atoms with Crippen LogP contribution in [0.1, 0.15) is 18.4 Å². The van der Waals surface area contributed by atoms with Crippen molar-refractivity contribution in [2.24, 2.45) is 0 Å². The molecular formula is C9H10FNO2. The molecule has 70 valence electrons. The molecule has 1 aromatic rings. The molecule has 0 fully saturated rings. The van der Waals surface area contributed by atoms with Gasteiger partial charge in [0.25, 0.3) is 0 Å². The molecule has 0 aliphatic heterocycles. The average Bonchev–Trinajstić information content (AvgIpc) is 2.17. The summed E-state index contributed by atoms with van der Waals surface area (Å²) in [4.78, 5) is 10.6. The highest BCUT2D eigenvalue weighted by Gasteiger charge is 2.12. The maximum atomic E-state index is 11.9. The Bertz CT molecular complexity index is 297. The van der Waals surface area contributed by atoms with E-state index in [1.54, 1.807) is 19.1 Å². The molecule has 0 bridgehead atoms. The topological polar surface area (TPSA) is 49.3 Å². The molecule has 1 atom stereocenters. The van der Waals surface area contributed by atoms with E-state index in [1.165, 1.54) is 17.7 Å². The molecule has 1 aromatic carbocycles. The first-order chi connectivity index (χ1) is 6.15. The average molecular weight is 183 g/mol. The Morgan fingerprint density at radius 2 is 2.00 bits per heavy atom. The van der Waals surface area contributed by atoms with E-state index in [-0.39, 0.29) is 0 Å². The lowest BCUT2D eigenvalue weighted by molar-refractivity contribution is -0.138. The molecule has 2 N–H and O–H groups in total. The van der Waals surface area contributed by atoms with Gasteiger partial charge in [-0.15, -0.1) is 4.48 Å². The van der Waals surface area contributed by atoms with Crippen LogP contribution in [-0.4, -0.2) is 11.1 Å². The molecule has 1 rings (SSSR count). The Kier molecular flexibility index (Phi) is 2.84. The smallest absolute Gasteiger partial charge is 0.310 e. The highest BCUT2D eigenvalue weighted by molar-refractivity contribution is 5.75. The minimum absolute atomic E-state index is 0.321. The number of rotatable bonds is 3. The van der Waals surface area contributed by atoms with E-state index in [1.807, 2.05) is 0 Å². The Balaban J connectivity index is 2.85. The Morgan fingerprint density at radius 1 is 1.46 bits per heavy atom. The molecule has 4 heteroatoms. The lowest BCUT2D eigenvalue weighted by Gasteiger charge is -2.06. The zero-order chi connectivity index (χ0) is 9.84. The van der Waals surface area contributed by atoms with E-state index in [9.17, 15) is 9.28 Å². The van der Waals surface area contributed by atoms with Crippen LogP contribution in [0.25, 0.3) is 0 Å². The fourth-order valence-electron chi connectivity index (χ4n) is 0.977. The lowest BCUT2D eigenvalue weighted by atomic mass is 10.0. The van der Waals surface area contributed by atoms with Crippen molar-refractivity contribution < 1.29 is 14.4 Å². The Hall–Kier alpha value is -1.58. The number of carboxylic acid groups (broad SMARTS) is 1. The summed E-state index contributed by atoms with van der Waals surface area (Å²) in [6.07, 6.45) is 0. The van der Waals surface area contributed by atoms with E-state index < -0.39 is 11.9 Å². The van der Waals surface area contributed by atoms with Crippen molar-refractivity contribution in [1.29, 1.82) is 0 Å². The third-order valence-electron chi connectivity index (χ3n) is 1.89. The minimum Gasteiger partial charge on any atom is -0.481 e. The molecule has 0 amide bonds. The standard InChI is InChI=1S/C9H10FNO2/c1-6(9(12)13)7-2-4-8(11-10)5-3-7/h2-6,11H,1H3,(H,12,13). The summed E-state index contributed by atoms with van der Waals surface area (Å²) < 4.78 is 11.9.